The van der Waals surface area contributed by atoms with Gasteiger partial charge in [-0.15, -0.1) is 0 Å². The lowest BCUT2D eigenvalue weighted by Crippen LogP contribution is -2.53. The minimum Gasteiger partial charge on any atom is -0.277 e. The van der Waals surface area contributed by atoms with Crippen molar-refractivity contribution in [1.82, 2.24) is 5.01 Å². The zero-order valence-electron chi connectivity index (χ0n) is 22.0. The van der Waals surface area contributed by atoms with Gasteiger partial charge in [-0.3, -0.25) is 19.6 Å². The Morgan fingerprint density at radius 1 is 0.667 bits per heavy atom. The van der Waals surface area contributed by atoms with Gasteiger partial charge in [0.1, 0.15) is 6.04 Å². The van der Waals surface area contributed by atoms with Crippen LogP contribution in [-0.4, -0.2) is 22.9 Å². The minimum atomic E-state index is -0.760. The lowest BCUT2D eigenvalue weighted by atomic mass is 9.78. The molecule has 2 fully saturated rings. The molecular formula is C33H23Br2Cl2N3O2. The lowest BCUT2D eigenvalue weighted by Gasteiger charge is -2.43. The number of rotatable bonds is 4. The average Bonchev–Trinajstić information content (AvgIpc) is 3.48. The minimum absolute atomic E-state index is 0.0753. The molecular weight excluding hydrogens is 701 g/mol. The Hall–Kier alpha value is -3.10. The van der Waals surface area contributed by atoms with Crippen molar-refractivity contribution in [1.29, 1.82) is 0 Å². The van der Waals surface area contributed by atoms with E-state index in [1.54, 1.807) is 18.2 Å². The number of fused-ring (bicyclic) bond motifs is 3. The van der Waals surface area contributed by atoms with Crippen LogP contribution in [0.25, 0.3) is 0 Å². The third kappa shape index (κ3) is 4.67. The molecule has 7 rings (SSSR count). The van der Waals surface area contributed by atoms with Crippen molar-refractivity contribution in [2.45, 2.75) is 24.4 Å². The Kier molecular flexibility index (Phi) is 7.17. The van der Waals surface area contributed by atoms with E-state index < -0.39 is 12.0 Å². The molecule has 42 heavy (non-hydrogen) atoms. The van der Waals surface area contributed by atoms with Crippen LogP contribution in [0.3, 0.4) is 0 Å². The van der Waals surface area contributed by atoms with E-state index >= 15 is 0 Å². The second-order valence-electron chi connectivity index (χ2n) is 10.6. The van der Waals surface area contributed by atoms with Gasteiger partial charge >= 0.3 is 0 Å². The monoisotopic (exact) mass is 721 g/mol. The van der Waals surface area contributed by atoms with E-state index in [1.165, 1.54) is 4.90 Å². The fourth-order valence-electron chi connectivity index (χ4n) is 6.46. The summed E-state index contributed by atoms with van der Waals surface area (Å²) >= 11 is 19.8. The van der Waals surface area contributed by atoms with Crippen molar-refractivity contribution in [2.75, 3.05) is 9.91 Å². The lowest BCUT2D eigenvalue weighted by molar-refractivity contribution is -0.122. The van der Waals surface area contributed by atoms with Gasteiger partial charge in [0.15, 0.2) is 0 Å². The van der Waals surface area contributed by atoms with Crippen LogP contribution in [0.5, 0.6) is 0 Å². The first-order valence-electron chi connectivity index (χ1n) is 13.5. The van der Waals surface area contributed by atoms with Crippen LogP contribution in [0.1, 0.15) is 29.5 Å². The summed E-state index contributed by atoms with van der Waals surface area (Å²) in [6.07, 6.45) is 2.86. The molecule has 4 aromatic rings. The second-order valence-corrected chi connectivity index (χ2v) is 13.3. The molecule has 0 aliphatic carbocycles. The van der Waals surface area contributed by atoms with Gasteiger partial charge in [-0.05, 0) is 65.7 Å². The zero-order chi connectivity index (χ0) is 29.1. The SMILES string of the molecule is O=C1C2C(c3ccc(Br)cc3)C=C3CC(c4ccc(Br)cc4)N(c4ccccc4)N3C2C(=O)N1c1cc(Cl)cc(Cl)c1. The Balaban J connectivity index is 1.42. The molecule has 0 spiro atoms. The van der Waals surface area contributed by atoms with E-state index in [-0.39, 0.29) is 23.8 Å². The fourth-order valence-corrected chi connectivity index (χ4v) is 7.50. The van der Waals surface area contributed by atoms with Crippen LogP contribution < -0.4 is 9.91 Å². The predicted molar refractivity (Wildman–Crippen MR) is 173 cm³/mol. The number of carbonyl (C=O) groups is 2. The highest BCUT2D eigenvalue weighted by atomic mass is 79.9. The molecule has 4 unspecified atom stereocenters. The summed E-state index contributed by atoms with van der Waals surface area (Å²) in [4.78, 5) is 30.2. The number of para-hydroxylation sites is 1. The van der Waals surface area contributed by atoms with E-state index in [4.69, 9.17) is 23.2 Å². The third-order valence-electron chi connectivity index (χ3n) is 8.20. The topological polar surface area (TPSA) is 43.9 Å². The van der Waals surface area contributed by atoms with Crippen molar-refractivity contribution in [3.63, 3.8) is 0 Å². The van der Waals surface area contributed by atoms with Gasteiger partial charge in [-0.25, -0.2) is 4.90 Å². The number of imide groups is 1. The molecule has 0 saturated carbocycles. The zero-order valence-corrected chi connectivity index (χ0v) is 26.7. The second kappa shape index (κ2) is 10.9. The predicted octanol–water partition coefficient (Wildman–Crippen LogP) is 8.93. The van der Waals surface area contributed by atoms with Gasteiger partial charge in [-0.1, -0.05) is 104 Å². The summed E-state index contributed by atoms with van der Waals surface area (Å²) in [5.74, 6) is -1.53. The van der Waals surface area contributed by atoms with Crippen LogP contribution in [0, 0.1) is 5.92 Å². The number of hydrazine groups is 1. The Morgan fingerprint density at radius 2 is 1.26 bits per heavy atom. The molecule has 0 N–H and O–H groups in total. The summed E-state index contributed by atoms with van der Waals surface area (Å²) in [7, 11) is 0. The maximum Gasteiger partial charge on any atom is 0.259 e. The summed E-state index contributed by atoms with van der Waals surface area (Å²) in [5.41, 5.74) is 4.42. The number of hydrogen-bond acceptors (Lipinski definition) is 4. The molecule has 0 bridgehead atoms. The number of allylic oxidation sites excluding steroid dienone is 1. The summed E-state index contributed by atoms with van der Waals surface area (Å²) in [6, 6.07) is 30.3. The highest BCUT2D eigenvalue weighted by Gasteiger charge is 2.60. The first-order chi connectivity index (χ1) is 20.3. The van der Waals surface area contributed by atoms with E-state index in [0.717, 1.165) is 31.5 Å². The van der Waals surface area contributed by atoms with Crippen molar-refractivity contribution in [3.05, 3.63) is 139 Å². The number of amides is 2. The summed E-state index contributed by atoms with van der Waals surface area (Å²) < 4.78 is 1.94. The Bertz CT molecular complexity index is 1710. The van der Waals surface area contributed by atoms with Gasteiger partial charge in [0.05, 0.1) is 23.3 Å². The van der Waals surface area contributed by atoms with Crippen LogP contribution in [0.15, 0.2) is 118 Å². The van der Waals surface area contributed by atoms with E-state index in [2.05, 4.69) is 60.1 Å². The summed E-state index contributed by atoms with van der Waals surface area (Å²) in [6.45, 7) is 0. The molecule has 2 saturated heterocycles. The van der Waals surface area contributed by atoms with Crippen LogP contribution in [0.4, 0.5) is 11.4 Å². The maximum absolute atomic E-state index is 14.5. The van der Waals surface area contributed by atoms with Crippen LogP contribution in [-0.2, 0) is 9.59 Å². The average molecular weight is 724 g/mol. The largest absolute Gasteiger partial charge is 0.277 e. The normalized spacial score (nSPS) is 23.2. The molecule has 4 atom stereocenters. The highest BCUT2D eigenvalue weighted by Crippen LogP contribution is 2.52. The van der Waals surface area contributed by atoms with Crippen molar-refractivity contribution < 1.29 is 9.59 Å². The smallest absolute Gasteiger partial charge is 0.259 e. The summed E-state index contributed by atoms with van der Waals surface area (Å²) in [5, 5.41) is 4.97. The standard InChI is InChI=1S/C33H23Br2Cl2N3O2/c34-21-10-6-19(7-11-21)28-17-27-18-29(20-8-12-22(35)13-9-20)39(25-4-2-1-3-5-25)40(27)31-30(28)32(41)38(33(31)42)26-15-23(36)14-24(37)16-26/h1-17,28-31H,18H2. The maximum atomic E-state index is 14.5. The van der Waals surface area contributed by atoms with Crippen molar-refractivity contribution in [3.8, 4) is 0 Å². The number of anilines is 2. The van der Waals surface area contributed by atoms with Gasteiger partial charge < -0.3 is 0 Å². The fraction of sp³-hybridized carbons (Fsp3) is 0.152. The molecule has 4 aromatic carbocycles. The molecule has 5 nitrogen and oxygen atoms in total. The van der Waals surface area contributed by atoms with Crippen LogP contribution in [0.2, 0.25) is 10.0 Å². The van der Waals surface area contributed by atoms with Gasteiger partial charge in [0.2, 0.25) is 5.91 Å². The number of hydrogen-bond donors (Lipinski definition) is 0. The quantitative estimate of drug-likeness (QED) is 0.197. The van der Waals surface area contributed by atoms with Gasteiger partial charge in [0.25, 0.3) is 5.91 Å². The number of nitrogens with zero attached hydrogens (tertiary/aromatic N) is 3. The van der Waals surface area contributed by atoms with E-state index in [1.807, 2.05) is 66.7 Å². The molecule has 0 radical (unpaired) electrons. The molecule has 3 aliphatic heterocycles. The Labute approximate surface area is 270 Å². The first kappa shape index (κ1) is 27.7. The highest BCUT2D eigenvalue weighted by molar-refractivity contribution is 9.10. The molecule has 9 heteroatoms. The first-order valence-corrected chi connectivity index (χ1v) is 15.8. The molecule has 3 aliphatic rings. The van der Waals surface area contributed by atoms with E-state index in [0.29, 0.717) is 22.2 Å². The van der Waals surface area contributed by atoms with Crippen LogP contribution >= 0.6 is 55.1 Å². The number of halogens is 4. The van der Waals surface area contributed by atoms with E-state index in [9.17, 15) is 9.59 Å². The number of carbonyl (C=O) groups excluding carboxylic acids is 2. The Morgan fingerprint density at radius 3 is 1.88 bits per heavy atom. The van der Waals surface area contributed by atoms with Crippen molar-refractivity contribution in [2.24, 2.45) is 5.92 Å². The molecule has 0 aromatic heterocycles. The van der Waals surface area contributed by atoms with Gasteiger partial charge in [0, 0.05) is 37.0 Å². The van der Waals surface area contributed by atoms with Gasteiger partial charge in [-0.2, -0.15) is 0 Å². The molecule has 3 heterocycles. The van der Waals surface area contributed by atoms with Crippen molar-refractivity contribution >= 4 is 78.3 Å². The molecule has 2 amide bonds. The molecule has 210 valence electrons. The number of benzene rings is 4. The third-order valence-corrected chi connectivity index (χ3v) is 9.70.